The third-order valence-electron chi connectivity index (χ3n) is 3.51. The summed E-state index contributed by atoms with van der Waals surface area (Å²) in [5.41, 5.74) is 6.30. The summed E-state index contributed by atoms with van der Waals surface area (Å²) in [5.74, 6) is -0.807. The molecular weight excluding hydrogens is 244 g/mol. The molecule has 102 valence electrons. The van der Waals surface area contributed by atoms with E-state index in [1.54, 1.807) is 0 Å². The first-order valence-electron chi connectivity index (χ1n) is 6.25. The normalized spacial score (nSPS) is 23.2. The number of likely N-dealkylation sites (tertiary alicyclic amines) is 1. The highest BCUT2D eigenvalue weighted by molar-refractivity contribution is 5.77. The minimum absolute atomic E-state index is 0.0491. The number of hydrogen-bond acceptors (Lipinski definition) is 4. The topological polar surface area (TPSA) is 72.6 Å². The minimum atomic E-state index is -0.377. The fraction of sp³-hybridized carbons (Fsp3) is 0.429. The van der Waals surface area contributed by atoms with E-state index in [4.69, 9.17) is 10.5 Å². The molecule has 2 N–H and O–H groups in total. The standard InChI is InChI=1S/C14H18N2O3/c1-19-14(18)12-8-16(9-13(15)17)7-11(12)10-5-3-2-4-6-10/h2-6,11-12H,7-9H2,1H3,(H2,15,17)/t11-,12+/m0/s1. The van der Waals surface area contributed by atoms with E-state index in [0.717, 1.165) is 5.56 Å². The molecule has 1 saturated heterocycles. The molecule has 19 heavy (non-hydrogen) atoms. The van der Waals surface area contributed by atoms with Crippen molar-refractivity contribution in [3.63, 3.8) is 0 Å². The van der Waals surface area contributed by atoms with Crippen LogP contribution < -0.4 is 5.73 Å². The monoisotopic (exact) mass is 262 g/mol. The molecule has 0 radical (unpaired) electrons. The van der Waals surface area contributed by atoms with Gasteiger partial charge in [0.25, 0.3) is 0 Å². The first-order valence-corrected chi connectivity index (χ1v) is 6.25. The number of amides is 1. The molecule has 0 spiro atoms. The molecule has 1 amide bonds. The van der Waals surface area contributed by atoms with E-state index < -0.39 is 0 Å². The average Bonchev–Trinajstić information content (AvgIpc) is 2.82. The summed E-state index contributed by atoms with van der Waals surface area (Å²) in [6.07, 6.45) is 0. The molecule has 0 unspecified atom stereocenters. The van der Waals surface area contributed by atoms with E-state index in [1.807, 2.05) is 35.2 Å². The fourth-order valence-corrected chi connectivity index (χ4v) is 2.66. The molecule has 1 aromatic carbocycles. The van der Waals surface area contributed by atoms with Crippen molar-refractivity contribution in [1.29, 1.82) is 0 Å². The van der Waals surface area contributed by atoms with E-state index in [9.17, 15) is 9.59 Å². The number of ether oxygens (including phenoxy) is 1. The molecule has 5 heteroatoms. The van der Waals surface area contributed by atoms with Gasteiger partial charge in [0.1, 0.15) is 0 Å². The van der Waals surface area contributed by atoms with E-state index in [-0.39, 0.29) is 30.3 Å². The van der Waals surface area contributed by atoms with E-state index in [1.165, 1.54) is 7.11 Å². The number of nitrogens with two attached hydrogens (primary N) is 1. The van der Waals surface area contributed by atoms with Gasteiger partial charge in [-0.3, -0.25) is 14.5 Å². The van der Waals surface area contributed by atoms with E-state index >= 15 is 0 Å². The zero-order valence-corrected chi connectivity index (χ0v) is 10.9. The summed E-state index contributed by atoms with van der Waals surface area (Å²) >= 11 is 0. The molecule has 1 aliphatic heterocycles. The number of carbonyl (C=O) groups excluding carboxylic acids is 2. The number of nitrogens with zero attached hydrogens (tertiary/aromatic N) is 1. The van der Waals surface area contributed by atoms with Crippen LogP contribution in [0.5, 0.6) is 0 Å². The maximum absolute atomic E-state index is 11.9. The summed E-state index contributed by atoms with van der Waals surface area (Å²) in [7, 11) is 1.39. The van der Waals surface area contributed by atoms with Crippen LogP contribution in [-0.4, -0.2) is 43.5 Å². The summed E-state index contributed by atoms with van der Waals surface area (Å²) in [5, 5.41) is 0. The van der Waals surface area contributed by atoms with Crippen molar-refractivity contribution >= 4 is 11.9 Å². The number of hydrogen-bond donors (Lipinski definition) is 1. The summed E-state index contributed by atoms with van der Waals surface area (Å²) in [6, 6.07) is 9.82. The molecule has 2 atom stereocenters. The van der Waals surface area contributed by atoms with Gasteiger partial charge < -0.3 is 10.5 Å². The second-order valence-corrected chi connectivity index (χ2v) is 4.81. The van der Waals surface area contributed by atoms with Crippen molar-refractivity contribution in [2.75, 3.05) is 26.7 Å². The zero-order valence-electron chi connectivity index (χ0n) is 10.9. The molecule has 5 nitrogen and oxygen atoms in total. The third kappa shape index (κ3) is 3.12. The van der Waals surface area contributed by atoms with E-state index in [2.05, 4.69) is 0 Å². The number of esters is 1. The van der Waals surface area contributed by atoms with Gasteiger partial charge in [-0.2, -0.15) is 0 Å². The van der Waals surface area contributed by atoms with Crippen molar-refractivity contribution in [1.82, 2.24) is 4.90 Å². The maximum atomic E-state index is 11.9. The van der Waals surface area contributed by atoms with Crippen LogP contribution >= 0.6 is 0 Å². The van der Waals surface area contributed by atoms with Crippen molar-refractivity contribution in [3.05, 3.63) is 35.9 Å². The Labute approximate surface area is 112 Å². The van der Waals surface area contributed by atoms with Gasteiger partial charge in [0.15, 0.2) is 0 Å². The average molecular weight is 262 g/mol. The van der Waals surface area contributed by atoms with Gasteiger partial charge in [-0.05, 0) is 5.56 Å². The Bertz CT molecular complexity index is 461. The van der Waals surface area contributed by atoms with Crippen LogP contribution in [0.4, 0.5) is 0 Å². The molecular formula is C14H18N2O3. The second-order valence-electron chi connectivity index (χ2n) is 4.81. The van der Waals surface area contributed by atoms with Crippen molar-refractivity contribution in [2.24, 2.45) is 11.7 Å². The van der Waals surface area contributed by atoms with Crippen LogP contribution in [0.15, 0.2) is 30.3 Å². The molecule has 1 aliphatic rings. The smallest absolute Gasteiger partial charge is 0.310 e. The van der Waals surface area contributed by atoms with Crippen LogP contribution in [0.2, 0.25) is 0 Å². The molecule has 2 rings (SSSR count). The fourth-order valence-electron chi connectivity index (χ4n) is 2.66. The van der Waals surface area contributed by atoms with Crippen molar-refractivity contribution in [2.45, 2.75) is 5.92 Å². The van der Waals surface area contributed by atoms with Crippen LogP contribution in [0, 0.1) is 5.92 Å². The predicted octanol–water partition coefficient (Wildman–Crippen LogP) is 0.360. The lowest BCUT2D eigenvalue weighted by Crippen LogP contribution is -2.32. The lowest BCUT2D eigenvalue weighted by Gasteiger charge is -2.16. The molecule has 1 heterocycles. The maximum Gasteiger partial charge on any atom is 0.310 e. The Morgan fingerprint density at radius 1 is 1.32 bits per heavy atom. The quantitative estimate of drug-likeness (QED) is 0.795. The second kappa shape index (κ2) is 5.84. The number of methoxy groups -OCH3 is 1. The molecule has 1 aromatic rings. The van der Waals surface area contributed by atoms with Crippen LogP contribution in [0.1, 0.15) is 11.5 Å². The minimum Gasteiger partial charge on any atom is -0.469 e. The van der Waals surface area contributed by atoms with Crippen molar-refractivity contribution in [3.8, 4) is 0 Å². The lowest BCUT2D eigenvalue weighted by atomic mass is 9.89. The van der Waals surface area contributed by atoms with Gasteiger partial charge in [-0.15, -0.1) is 0 Å². The number of benzene rings is 1. The van der Waals surface area contributed by atoms with Gasteiger partial charge in [-0.25, -0.2) is 0 Å². The summed E-state index contributed by atoms with van der Waals surface area (Å²) < 4.78 is 4.86. The third-order valence-corrected chi connectivity index (χ3v) is 3.51. The van der Waals surface area contributed by atoms with Crippen LogP contribution in [-0.2, 0) is 14.3 Å². The Morgan fingerprint density at radius 2 is 2.00 bits per heavy atom. The van der Waals surface area contributed by atoms with Gasteiger partial charge in [-0.1, -0.05) is 30.3 Å². The zero-order chi connectivity index (χ0) is 13.8. The largest absolute Gasteiger partial charge is 0.469 e. The van der Waals surface area contributed by atoms with Gasteiger partial charge in [0.05, 0.1) is 19.6 Å². The molecule has 1 fully saturated rings. The molecule has 0 saturated carbocycles. The molecule has 0 aromatic heterocycles. The highest BCUT2D eigenvalue weighted by atomic mass is 16.5. The summed E-state index contributed by atoms with van der Waals surface area (Å²) in [4.78, 5) is 24.8. The highest BCUT2D eigenvalue weighted by Gasteiger charge is 2.39. The highest BCUT2D eigenvalue weighted by Crippen LogP contribution is 2.33. The molecule has 0 aliphatic carbocycles. The Balaban J connectivity index is 2.19. The molecule has 0 bridgehead atoms. The first kappa shape index (κ1) is 13.5. The Kier molecular flexibility index (Phi) is 4.16. The van der Waals surface area contributed by atoms with Crippen LogP contribution in [0.25, 0.3) is 0 Å². The summed E-state index contributed by atoms with van der Waals surface area (Å²) in [6.45, 7) is 1.33. The van der Waals surface area contributed by atoms with Gasteiger partial charge in [0.2, 0.25) is 5.91 Å². The Morgan fingerprint density at radius 3 is 2.58 bits per heavy atom. The SMILES string of the molecule is COC(=O)[C@@H]1CN(CC(N)=O)C[C@H]1c1ccccc1. The van der Waals surface area contributed by atoms with E-state index in [0.29, 0.717) is 13.1 Å². The van der Waals surface area contributed by atoms with Gasteiger partial charge >= 0.3 is 5.97 Å². The van der Waals surface area contributed by atoms with Crippen molar-refractivity contribution < 1.29 is 14.3 Å². The number of primary amides is 1. The predicted molar refractivity (Wildman–Crippen MR) is 70.3 cm³/mol. The first-order chi connectivity index (χ1) is 9.11. The number of carbonyl (C=O) groups is 2. The van der Waals surface area contributed by atoms with Crippen LogP contribution in [0.3, 0.4) is 0 Å². The Hall–Kier alpha value is -1.88. The van der Waals surface area contributed by atoms with Gasteiger partial charge in [0, 0.05) is 19.0 Å². The number of rotatable bonds is 4. The lowest BCUT2D eigenvalue weighted by molar-refractivity contribution is -0.145.